The van der Waals surface area contributed by atoms with Crippen molar-refractivity contribution in [3.63, 3.8) is 0 Å². The van der Waals surface area contributed by atoms with Gasteiger partial charge in [-0.3, -0.25) is 0 Å². The van der Waals surface area contributed by atoms with E-state index < -0.39 is 21.2 Å². The predicted octanol–water partition coefficient (Wildman–Crippen LogP) is 7.51. The lowest BCUT2D eigenvalue weighted by atomic mass is 9.81. The number of sulfone groups is 1. The first kappa shape index (κ1) is 30.0. The Morgan fingerprint density at radius 3 is 2.19 bits per heavy atom. The Balaban J connectivity index is 1.82. The molecule has 222 valence electrons. The molecule has 1 aromatic heterocycles. The predicted molar refractivity (Wildman–Crippen MR) is 168 cm³/mol. The zero-order valence-corrected chi connectivity index (χ0v) is 25.5. The van der Waals surface area contributed by atoms with Crippen molar-refractivity contribution in [1.82, 2.24) is 4.57 Å². The normalized spacial score (nSPS) is 11.9. The molecule has 0 fully saturated rings. The van der Waals surface area contributed by atoms with Crippen LogP contribution < -0.4 is 4.74 Å². The number of esters is 1. The summed E-state index contributed by atoms with van der Waals surface area (Å²) in [6.07, 6.45) is 1.58. The molecular formula is C35H34FNO5S. The molecule has 4 aromatic carbocycles. The molecular weight excluding hydrogens is 565 g/mol. The van der Waals surface area contributed by atoms with Crippen LogP contribution in [-0.4, -0.2) is 38.1 Å². The van der Waals surface area contributed by atoms with Crippen LogP contribution in [-0.2, 0) is 26.6 Å². The van der Waals surface area contributed by atoms with Crippen LogP contribution in [0.2, 0.25) is 0 Å². The Morgan fingerprint density at radius 1 is 0.884 bits per heavy atom. The van der Waals surface area contributed by atoms with Gasteiger partial charge in [-0.25, -0.2) is 17.6 Å². The Bertz CT molecular complexity index is 1860. The van der Waals surface area contributed by atoms with Gasteiger partial charge in [-0.1, -0.05) is 62.4 Å². The van der Waals surface area contributed by atoms with E-state index in [0.717, 1.165) is 39.0 Å². The maximum atomic E-state index is 14.1. The third kappa shape index (κ3) is 6.49. The number of nitrogens with zero attached hydrogens (tertiary/aromatic N) is 1. The third-order valence-electron chi connectivity index (χ3n) is 7.61. The minimum absolute atomic E-state index is 0.0109. The lowest BCUT2D eigenvalue weighted by molar-refractivity contribution is 0.0600. The average Bonchev–Trinajstić information content (AvgIpc) is 3.36. The molecule has 0 aliphatic rings. The molecule has 0 spiro atoms. The number of hydrogen-bond donors (Lipinski definition) is 0. The molecule has 0 saturated heterocycles. The van der Waals surface area contributed by atoms with Crippen LogP contribution in [0, 0.1) is 5.82 Å². The number of methoxy groups -OCH3 is 1. The van der Waals surface area contributed by atoms with Crippen molar-refractivity contribution in [2.75, 3.05) is 19.1 Å². The van der Waals surface area contributed by atoms with Gasteiger partial charge in [0.1, 0.15) is 28.0 Å². The molecule has 0 amide bonds. The van der Waals surface area contributed by atoms with Crippen molar-refractivity contribution in [3.05, 3.63) is 120 Å². The number of ether oxygens (including phenoxy) is 2. The standard InChI is InChI=1S/C35H34FNO5S/c1-35(2,21-22-43(4,39)40)33-31(25-13-15-26(16-14-25)34(38)41-3)32-29(37(33)28-19-17-27(36)18-20-28)11-8-12-30(32)42-23-24-9-6-5-7-10-24/h5-20H,21-23H2,1-4H3. The fraction of sp³-hybridized carbons (Fsp3) is 0.229. The molecule has 0 saturated carbocycles. The molecule has 0 aliphatic heterocycles. The zero-order chi connectivity index (χ0) is 30.8. The number of fused-ring (bicyclic) bond motifs is 1. The minimum Gasteiger partial charge on any atom is -0.488 e. The second-order valence-corrected chi connectivity index (χ2v) is 13.6. The van der Waals surface area contributed by atoms with E-state index in [1.807, 2.05) is 74.5 Å². The van der Waals surface area contributed by atoms with E-state index in [2.05, 4.69) is 4.57 Å². The van der Waals surface area contributed by atoms with Crippen molar-refractivity contribution in [2.24, 2.45) is 0 Å². The van der Waals surface area contributed by atoms with E-state index in [9.17, 15) is 17.6 Å². The Labute approximate surface area is 251 Å². The van der Waals surface area contributed by atoms with Crippen molar-refractivity contribution in [1.29, 1.82) is 0 Å². The lowest BCUT2D eigenvalue weighted by Crippen LogP contribution is -2.25. The van der Waals surface area contributed by atoms with Gasteiger partial charge in [-0.05, 0) is 66.1 Å². The Kier molecular flexibility index (Phi) is 8.42. The first-order valence-electron chi connectivity index (χ1n) is 14.0. The van der Waals surface area contributed by atoms with Gasteiger partial charge in [0.25, 0.3) is 0 Å². The van der Waals surface area contributed by atoms with E-state index in [1.165, 1.54) is 25.5 Å². The van der Waals surface area contributed by atoms with Crippen LogP contribution in [0.25, 0.3) is 27.7 Å². The van der Waals surface area contributed by atoms with Crippen molar-refractivity contribution >= 4 is 26.7 Å². The molecule has 43 heavy (non-hydrogen) atoms. The average molecular weight is 600 g/mol. The zero-order valence-electron chi connectivity index (χ0n) is 24.6. The number of benzene rings is 4. The van der Waals surface area contributed by atoms with Crippen LogP contribution in [0.4, 0.5) is 4.39 Å². The first-order valence-corrected chi connectivity index (χ1v) is 16.0. The monoisotopic (exact) mass is 599 g/mol. The van der Waals surface area contributed by atoms with Crippen LogP contribution >= 0.6 is 0 Å². The summed E-state index contributed by atoms with van der Waals surface area (Å²) in [4.78, 5) is 12.2. The highest BCUT2D eigenvalue weighted by atomic mass is 32.2. The largest absolute Gasteiger partial charge is 0.488 e. The summed E-state index contributed by atoms with van der Waals surface area (Å²) in [5.41, 5.74) is 4.82. The van der Waals surface area contributed by atoms with Gasteiger partial charge in [0.05, 0.1) is 29.3 Å². The summed E-state index contributed by atoms with van der Waals surface area (Å²) in [5.74, 6) is -0.165. The number of aromatic nitrogens is 1. The SMILES string of the molecule is COC(=O)c1ccc(-c2c(C(C)(C)CCS(C)(=O)=O)n(-c3ccc(F)cc3)c3cccc(OCc4ccccc4)c23)cc1. The molecule has 0 aliphatic carbocycles. The van der Waals surface area contributed by atoms with Crippen molar-refractivity contribution in [3.8, 4) is 22.6 Å². The van der Waals surface area contributed by atoms with Crippen LogP contribution in [0.3, 0.4) is 0 Å². The molecule has 5 rings (SSSR count). The van der Waals surface area contributed by atoms with Crippen LogP contribution in [0.5, 0.6) is 5.75 Å². The van der Waals surface area contributed by atoms with Crippen LogP contribution in [0.15, 0.2) is 97.1 Å². The maximum Gasteiger partial charge on any atom is 0.337 e. The van der Waals surface area contributed by atoms with Gasteiger partial charge in [-0.15, -0.1) is 0 Å². The fourth-order valence-electron chi connectivity index (χ4n) is 5.39. The summed E-state index contributed by atoms with van der Waals surface area (Å²) >= 11 is 0. The highest BCUT2D eigenvalue weighted by Gasteiger charge is 2.34. The molecule has 0 bridgehead atoms. The van der Waals surface area contributed by atoms with Crippen LogP contribution in [0.1, 0.15) is 41.9 Å². The number of carbonyl (C=O) groups is 1. The fourth-order valence-corrected chi connectivity index (χ4v) is 6.27. The van der Waals surface area contributed by atoms with E-state index >= 15 is 0 Å². The topological polar surface area (TPSA) is 74.6 Å². The molecule has 8 heteroatoms. The second-order valence-electron chi connectivity index (χ2n) is 11.3. The summed E-state index contributed by atoms with van der Waals surface area (Å²) in [6.45, 7) is 4.38. The molecule has 5 aromatic rings. The minimum atomic E-state index is -3.26. The summed E-state index contributed by atoms with van der Waals surface area (Å²) in [5, 5.41) is 0.830. The molecule has 0 radical (unpaired) electrons. The quantitative estimate of drug-likeness (QED) is 0.155. The van der Waals surface area contributed by atoms with E-state index in [1.54, 1.807) is 24.3 Å². The van der Waals surface area contributed by atoms with E-state index in [0.29, 0.717) is 24.3 Å². The van der Waals surface area contributed by atoms with Crippen molar-refractivity contribution < 1.29 is 27.1 Å². The molecule has 0 atom stereocenters. The molecule has 1 heterocycles. The highest BCUT2D eigenvalue weighted by Crippen LogP contribution is 2.47. The van der Waals surface area contributed by atoms with Gasteiger partial charge >= 0.3 is 5.97 Å². The molecule has 0 unspecified atom stereocenters. The Morgan fingerprint density at radius 2 is 1.56 bits per heavy atom. The number of rotatable bonds is 10. The van der Waals surface area contributed by atoms with Gasteiger partial charge in [0.2, 0.25) is 0 Å². The summed E-state index contributed by atoms with van der Waals surface area (Å²) in [7, 11) is -1.92. The van der Waals surface area contributed by atoms with E-state index in [4.69, 9.17) is 9.47 Å². The van der Waals surface area contributed by atoms with Crippen molar-refractivity contribution in [2.45, 2.75) is 32.3 Å². The van der Waals surface area contributed by atoms with Gasteiger partial charge < -0.3 is 14.0 Å². The smallest absolute Gasteiger partial charge is 0.337 e. The third-order valence-corrected chi connectivity index (χ3v) is 8.56. The van der Waals surface area contributed by atoms with Gasteiger partial charge in [-0.2, -0.15) is 0 Å². The first-order chi connectivity index (χ1) is 20.5. The van der Waals surface area contributed by atoms with Gasteiger partial charge in [0, 0.05) is 28.6 Å². The Hall–Kier alpha value is -4.43. The molecule has 0 N–H and O–H groups in total. The van der Waals surface area contributed by atoms with Gasteiger partial charge in [0.15, 0.2) is 0 Å². The summed E-state index contributed by atoms with van der Waals surface area (Å²) in [6, 6.07) is 29.1. The maximum absolute atomic E-state index is 14.1. The lowest BCUT2D eigenvalue weighted by Gasteiger charge is -2.29. The molecule has 6 nitrogen and oxygen atoms in total. The second kappa shape index (κ2) is 12.1. The summed E-state index contributed by atoms with van der Waals surface area (Å²) < 4.78 is 52.2. The number of hydrogen-bond acceptors (Lipinski definition) is 5. The number of halogens is 1. The number of carbonyl (C=O) groups excluding carboxylic acids is 1. The highest BCUT2D eigenvalue weighted by molar-refractivity contribution is 7.90. The van der Waals surface area contributed by atoms with E-state index in [-0.39, 0.29) is 11.6 Å².